The zero-order chi connectivity index (χ0) is 14.4. The van der Waals surface area contributed by atoms with Crippen LogP contribution in [0.1, 0.15) is 10.4 Å². The van der Waals surface area contributed by atoms with Crippen molar-refractivity contribution in [3.8, 4) is 0 Å². The van der Waals surface area contributed by atoms with Crippen molar-refractivity contribution >= 4 is 28.8 Å². The molecule has 0 fully saturated rings. The lowest BCUT2D eigenvalue weighted by molar-refractivity contribution is -0.122. The Balaban J connectivity index is 1.73. The van der Waals surface area contributed by atoms with Crippen LogP contribution in [0.25, 0.3) is 0 Å². The highest BCUT2D eigenvalue weighted by atomic mass is 35.5. The summed E-state index contributed by atoms with van der Waals surface area (Å²) in [6.07, 6.45) is 0. The number of hydrogen-bond donors (Lipinski definition) is 1. The van der Waals surface area contributed by atoms with Gasteiger partial charge in [-0.2, -0.15) is 0 Å². The second kappa shape index (κ2) is 7.43. The second-order valence-electron chi connectivity index (χ2n) is 4.64. The maximum Gasteiger partial charge on any atom is 0.234 e. The van der Waals surface area contributed by atoms with Crippen molar-refractivity contribution in [3.05, 3.63) is 57.2 Å². The van der Waals surface area contributed by atoms with Crippen molar-refractivity contribution in [1.29, 1.82) is 0 Å². The van der Waals surface area contributed by atoms with Gasteiger partial charge in [0.2, 0.25) is 5.91 Å². The minimum atomic E-state index is 0.0269. The fourth-order valence-electron chi connectivity index (χ4n) is 1.86. The van der Waals surface area contributed by atoms with Gasteiger partial charge in [0, 0.05) is 18.0 Å². The first kappa shape index (κ1) is 15.0. The van der Waals surface area contributed by atoms with Gasteiger partial charge < -0.3 is 5.32 Å². The summed E-state index contributed by atoms with van der Waals surface area (Å²) in [5, 5.41) is 2.92. The van der Waals surface area contributed by atoms with E-state index in [1.54, 1.807) is 11.3 Å². The first-order valence-electron chi connectivity index (χ1n) is 6.37. The molecule has 0 unspecified atom stereocenters. The van der Waals surface area contributed by atoms with E-state index in [-0.39, 0.29) is 5.91 Å². The molecule has 0 aliphatic carbocycles. The van der Waals surface area contributed by atoms with Gasteiger partial charge >= 0.3 is 0 Å². The third-order valence-electron chi connectivity index (χ3n) is 2.80. The molecule has 1 N–H and O–H groups in total. The molecule has 0 radical (unpaired) electrons. The SMILES string of the molecule is CN(CC(=O)NCc1ccccc1)Cc1ccc(Cl)s1. The lowest BCUT2D eigenvalue weighted by Crippen LogP contribution is -2.34. The Morgan fingerprint density at radius 1 is 1.25 bits per heavy atom. The van der Waals surface area contributed by atoms with Crippen molar-refractivity contribution in [3.63, 3.8) is 0 Å². The molecule has 5 heteroatoms. The number of amides is 1. The molecule has 2 aromatic rings. The molecule has 0 spiro atoms. The van der Waals surface area contributed by atoms with E-state index in [0.29, 0.717) is 13.1 Å². The van der Waals surface area contributed by atoms with E-state index in [1.165, 1.54) is 0 Å². The quantitative estimate of drug-likeness (QED) is 0.889. The molecule has 1 aromatic carbocycles. The summed E-state index contributed by atoms with van der Waals surface area (Å²) < 4.78 is 0.780. The Bertz CT molecular complexity index is 556. The zero-order valence-corrected chi connectivity index (χ0v) is 12.9. The van der Waals surface area contributed by atoms with Crippen molar-refractivity contribution < 1.29 is 4.79 Å². The van der Waals surface area contributed by atoms with Crippen molar-refractivity contribution in [2.24, 2.45) is 0 Å². The molecule has 20 heavy (non-hydrogen) atoms. The predicted molar refractivity (Wildman–Crippen MR) is 84.0 cm³/mol. The van der Waals surface area contributed by atoms with Gasteiger partial charge in [0.1, 0.15) is 0 Å². The van der Waals surface area contributed by atoms with E-state index in [2.05, 4.69) is 5.32 Å². The summed E-state index contributed by atoms with van der Waals surface area (Å²) in [5.74, 6) is 0.0269. The monoisotopic (exact) mass is 308 g/mol. The number of carbonyl (C=O) groups is 1. The van der Waals surface area contributed by atoms with E-state index < -0.39 is 0 Å². The van der Waals surface area contributed by atoms with Crippen LogP contribution in [-0.2, 0) is 17.9 Å². The third kappa shape index (κ3) is 4.96. The topological polar surface area (TPSA) is 32.3 Å². The molecule has 1 amide bonds. The van der Waals surface area contributed by atoms with E-state index in [0.717, 1.165) is 21.3 Å². The Morgan fingerprint density at radius 3 is 2.65 bits per heavy atom. The van der Waals surface area contributed by atoms with Gasteiger partial charge in [0.05, 0.1) is 10.9 Å². The summed E-state index contributed by atoms with van der Waals surface area (Å²) in [6.45, 7) is 1.68. The number of nitrogens with zero attached hydrogens (tertiary/aromatic N) is 1. The molecule has 0 bridgehead atoms. The lowest BCUT2D eigenvalue weighted by Gasteiger charge is -2.15. The van der Waals surface area contributed by atoms with Gasteiger partial charge in [-0.05, 0) is 24.7 Å². The molecule has 3 nitrogen and oxygen atoms in total. The fraction of sp³-hybridized carbons (Fsp3) is 0.267. The predicted octanol–water partition coefficient (Wildman–Crippen LogP) is 3.15. The number of hydrogen-bond acceptors (Lipinski definition) is 3. The Kier molecular flexibility index (Phi) is 5.59. The average Bonchev–Trinajstić information content (AvgIpc) is 2.83. The highest BCUT2D eigenvalue weighted by Crippen LogP contribution is 2.22. The van der Waals surface area contributed by atoms with Gasteiger partial charge in [-0.3, -0.25) is 9.69 Å². The van der Waals surface area contributed by atoms with Crippen molar-refractivity contribution in [1.82, 2.24) is 10.2 Å². The normalized spacial score (nSPS) is 10.8. The Hall–Kier alpha value is -1.36. The molecule has 1 aromatic heterocycles. The summed E-state index contributed by atoms with van der Waals surface area (Å²) >= 11 is 7.43. The number of nitrogens with one attached hydrogen (secondary N) is 1. The Labute approximate surface area is 128 Å². The highest BCUT2D eigenvalue weighted by molar-refractivity contribution is 7.16. The molecule has 0 aliphatic rings. The minimum Gasteiger partial charge on any atom is -0.351 e. The van der Waals surface area contributed by atoms with E-state index >= 15 is 0 Å². The van der Waals surface area contributed by atoms with Crippen LogP contribution in [0.4, 0.5) is 0 Å². The smallest absolute Gasteiger partial charge is 0.234 e. The first-order valence-corrected chi connectivity index (χ1v) is 7.56. The molecule has 106 valence electrons. The maximum absolute atomic E-state index is 11.8. The van der Waals surface area contributed by atoms with Crippen LogP contribution in [0.2, 0.25) is 4.34 Å². The fourth-order valence-corrected chi connectivity index (χ4v) is 3.02. The second-order valence-corrected chi connectivity index (χ2v) is 6.44. The molecule has 2 rings (SSSR count). The van der Waals surface area contributed by atoms with Crippen molar-refractivity contribution in [2.45, 2.75) is 13.1 Å². The van der Waals surface area contributed by atoms with E-state index in [1.807, 2.05) is 54.4 Å². The number of thiophene rings is 1. The summed E-state index contributed by atoms with van der Waals surface area (Å²) in [4.78, 5) is 15.0. The largest absolute Gasteiger partial charge is 0.351 e. The molecule has 0 saturated carbocycles. The summed E-state index contributed by atoms with van der Waals surface area (Å²) in [7, 11) is 1.93. The van der Waals surface area contributed by atoms with Crippen LogP contribution >= 0.6 is 22.9 Å². The number of likely N-dealkylation sites (N-methyl/N-ethyl adjacent to an activating group) is 1. The number of benzene rings is 1. The number of halogens is 1. The molecular weight excluding hydrogens is 292 g/mol. The van der Waals surface area contributed by atoms with Crippen LogP contribution in [-0.4, -0.2) is 24.4 Å². The molecule has 0 saturated heterocycles. The first-order chi connectivity index (χ1) is 9.63. The molecule has 1 heterocycles. The molecule has 0 aliphatic heterocycles. The third-order valence-corrected chi connectivity index (χ3v) is 4.02. The summed E-state index contributed by atoms with van der Waals surface area (Å²) in [5.41, 5.74) is 1.11. The Morgan fingerprint density at radius 2 is 2.00 bits per heavy atom. The maximum atomic E-state index is 11.8. The van der Waals surface area contributed by atoms with Crippen LogP contribution in [0.5, 0.6) is 0 Å². The number of rotatable bonds is 6. The van der Waals surface area contributed by atoms with Crippen LogP contribution in [0.3, 0.4) is 0 Å². The molecule has 0 atom stereocenters. The van der Waals surface area contributed by atoms with Gasteiger partial charge in [-0.15, -0.1) is 11.3 Å². The molecular formula is C15H17ClN2OS. The lowest BCUT2D eigenvalue weighted by atomic mass is 10.2. The van der Waals surface area contributed by atoms with Crippen LogP contribution in [0, 0.1) is 0 Å². The highest BCUT2D eigenvalue weighted by Gasteiger charge is 2.08. The van der Waals surface area contributed by atoms with Gasteiger partial charge in [0.15, 0.2) is 0 Å². The van der Waals surface area contributed by atoms with Crippen LogP contribution in [0.15, 0.2) is 42.5 Å². The van der Waals surface area contributed by atoms with Gasteiger partial charge in [-0.25, -0.2) is 0 Å². The van der Waals surface area contributed by atoms with Crippen LogP contribution < -0.4 is 5.32 Å². The summed E-state index contributed by atoms with van der Waals surface area (Å²) in [6, 6.07) is 13.8. The van der Waals surface area contributed by atoms with E-state index in [9.17, 15) is 4.79 Å². The van der Waals surface area contributed by atoms with Gasteiger partial charge in [0.25, 0.3) is 0 Å². The zero-order valence-electron chi connectivity index (χ0n) is 11.3. The van der Waals surface area contributed by atoms with Gasteiger partial charge in [-0.1, -0.05) is 41.9 Å². The van der Waals surface area contributed by atoms with Crippen molar-refractivity contribution in [2.75, 3.05) is 13.6 Å². The minimum absolute atomic E-state index is 0.0269. The number of carbonyl (C=O) groups excluding carboxylic acids is 1. The average molecular weight is 309 g/mol. The standard InChI is InChI=1S/C15H17ClN2OS/c1-18(10-13-7-8-14(16)20-13)11-15(19)17-9-12-5-3-2-4-6-12/h2-8H,9-11H2,1H3,(H,17,19). The van der Waals surface area contributed by atoms with E-state index in [4.69, 9.17) is 11.6 Å².